The number of nitrogens with zero attached hydrogens (tertiary/aromatic N) is 2. The second-order valence-electron chi connectivity index (χ2n) is 3.13. The monoisotopic (exact) mass is 181 g/mol. The average Bonchev–Trinajstić information content (AvgIpc) is 2.03. The van der Waals surface area contributed by atoms with Gasteiger partial charge in [0.15, 0.2) is 0 Å². The summed E-state index contributed by atoms with van der Waals surface area (Å²) in [5, 5.41) is 0. The van der Waals surface area contributed by atoms with Crippen LogP contribution in [0.1, 0.15) is 25.1 Å². The molecular formula is C9H15N3O. The van der Waals surface area contributed by atoms with Crippen LogP contribution < -0.4 is 10.5 Å². The van der Waals surface area contributed by atoms with Gasteiger partial charge in [-0.3, -0.25) is 0 Å². The Kier molecular flexibility index (Phi) is 3.19. The van der Waals surface area contributed by atoms with E-state index in [0.717, 1.165) is 11.3 Å². The number of hydrogen-bond donors (Lipinski definition) is 1. The molecule has 0 fully saturated rings. The van der Waals surface area contributed by atoms with Gasteiger partial charge in [0.25, 0.3) is 0 Å². The van der Waals surface area contributed by atoms with Crippen LogP contribution in [0, 0.1) is 6.92 Å². The quantitative estimate of drug-likeness (QED) is 0.756. The maximum absolute atomic E-state index is 5.48. The molecule has 1 aromatic heterocycles. The molecule has 0 saturated heterocycles. The van der Waals surface area contributed by atoms with Crippen LogP contribution in [0.2, 0.25) is 0 Å². The molecule has 0 aliphatic rings. The topological polar surface area (TPSA) is 61.0 Å². The minimum absolute atomic E-state index is 0.100. The first kappa shape index (κ1) is 9.92. The van der Waals surface area contributed by atoms with Crippen molar-refractivity contribution < 1.29 is 4.74 Å². The maximum Gasteiger partial charge on any atom is 0.316 e. The van der Waals surface area contributed by atoms with Crippen molar-refractivity contribution in [1.29, 1.82) is 0 Å². The first-order valence-electron chi connectivity index (χ1n) is 4.32. The molecule has 0 unspecified atom stereocenters. The second kappa shape index (κ2) is 4.18. The third-order valence-corrected chi connectivity index (χ3v) is 1.62. The summed E-state index contributed by atoms with van der Waals surface area (Å²) in [5.41, 5.74) is 7.32. The fraction of sp³-hybridized carbons (Fsp3) is 0.556. The minimum atomic E-state index is 0.100. The molecule has 2 N–H and O–H groups in total. The largest absolute Gasteiger partial charge is 0.461 e. The molecule has 1 aromatic rings. The molecule has 13 heavy (non-hydrogen) atoms. The number of aromatic nitrogens is 2. The molecule has 4 nitrogen and oxygen atoms in total. The molecule has 0 aliphatic heterocycles. The molecule has 0 amide bonds. The Morgan fingerprint density at radius 2 is 2.23 bits per heavy atom. The molecule has 1 heterocycles. The van der Waals surface area contributed by atoms with Crippen LogP contribution >= 0.6 is 0 Å². The lowest BCUT2D eigenvalue weighted by Gasteiger charge is -2.08. The van der Waals surface area contributed by atoms with Crippen molar-refractivity contribution in [2.75, 3.05) is 0 Å². The normalized spacial score (nSPS) is 10.5. The molecule has 4 heteroatoms. The lowest BCUT2D eigenvalue weighted by Crippen LogP contribution is -2.10. The summed E-state index contributed by atoms with van der Waals surface area (Å²) in [6.07, 6.45) is 1.81. The third-order valence-electron chi connectivity index (χ3n) is 1.62. The predicted octanol–water partition coefficient (Wildman–Crippen LogP) is 1.03. The Hall–Kier alpha value is -1.16. The maximum atomic E-state index is 5.48. The van der Waals surface area contributed by atoms with Gasteiger partial charge in [0.1, 0.15) is 0 Å². The van der Waals surface area contributed by atoms with Gasteiger partial charge in [0.05, 0.1) is 6.10 Å². The summed E-state index contributed by atoms with van der Waals surface area (Å²) >= 11 is 0. The van der Waals surface area contributed by atoms with Gasteiger partial charge in [-0.25, -0.2) is 9.97 Å². The fourth-order valence-electron chi connectivity index (χ4n) is 0.939. The lowest BCUT2D eigenvalue weighted by molar-refractivity contribution is 0.221. The first-order chi connectivity index (χ1) is 6.13. The summed E-state index contributed by atoms with van der Waals surface area (Å²) in [6, 6.07) is 0.421. The van der Waals surface area contributed by atoms with Crippen LogP contribution in [-0.2, 0) is 6.54 Å². The molecule has 0 aromatic carbocycles. The zero-order valence-electron chi connectivity index (χ0n) is 8.24. The van der Waals surface area contributed by atoms with Gasteiger partial charge in [-0.05, 0) is 20.8 Å². The van der Waals surface area contributed by atoms with Crippen molar-refractivity contribution in [2.24, 2.45) is 5.73 Å². The van der Waals surface area contributed by atoms with E-state index in [2.05, 4.69) is 9.97 Å². The summed E-state index contributed by atoms with van der Waals surface area (Å²) in [4.78, 5) is 8.21. The van der Waals surface area contributed by atoms with Gasteiger partial charge in [-0.2, -0.15) is 0 Å². The van der Waals surface area contributed by atoms with Crippen molar-refractivity contribution in [3.05, 3.63) is 17.5 Å². The van der Waals surface area contributed by atoms with E-state index in [1.807, 2.05) is 20.8 Å². The summed E-state index contributed by atoms with van der Waals surface area (Å²) < 4.78 is 5.33. The average molecular weight is 181 g/mol. The molecule has 0 saturated carbocycles. The smallest absolute Gasteiger partial charge is 0.316 e. The van der Waals surface area contributed by atoms with E-state index < -0.39 is 0 Å². The molecule has 0 atom stereocenters. The van der Waals surface area contributed by atoms with Crippen molar-refractivity contribution >= 4 is 0 Å². The van der Waals surface area contributed by atoms with E-state index in [-0.39, 0.29) is 6.10 Å². The predicted molar refractivity (Wildman–Crippen MR) is 50.4 cm³/mol. The van der Waals surface area contributed by atoms with Crippen LogP contribution in [0.5, 0.6) is 6.01 Å². The first-order valence-corrected chi connectivity index (χ1v) is 4.32. The number of nitrogens with two attached hydrogens (primary N) is 1. The highest BCUT2D eigenvalue weighted by Gasteiger charge is 2.03. The lowest BCUT2D eigenvalue weighted by atomic mass is 10.2. The Morgan fingerprint density at radius 1 is 1.54 bits per heavy atom. The third kappa shape index (κ3) is 2.66. The van der Waals surface area contributed by atoms with Gasteiger partial charge in [0, 0.05) is 24.0 Å². The van der Waals surface area contributed by atoms with E-state index in [1.165, 1.54) is 0 Å². The van der Waals surface area contributed by atoms with Crippen LogP contribution in [-0.4, -0.2) is 16.1 Å². The second-order valence-corrected chi connectivity index (χ2v) is 3.13. The zero-order valence-corrected chi connectivity index (χ0v) is 8.24. The van der Waals surface area contributed by atoms with Crippen molar-refractivity contribution in [2.45, 2.75) is 33.4 Å². The Bertz CT molecular complexity index is 286. The summed E-state index contributed by atoms with van der Waals surface area (Å²) in [7, 11) is 0. The minimum Gasteiger partial charge on any atom is -0.461 e. The Labute approximate surface area is 78.1 Å². The van der Waals surface area contributed by atoms with Gasteiger partial charge in [0.2, 0.25) is 0 Å². The molecule has 0 radical (unpaired) electrons. The van der Waals surface area contributed by atoms with Gasteiger partial charge in [-0.15, -0.1) is 0 Å². The van der Waals surface area contributed by atoms with Crippen molar-refractivity contribution in [1.82, 2.24) is 9.97 Å². The number of rotatable bonds is 3. The van der Waals surface area contributed by atoms with E-state index in [0.29, 0.717) is 12.6 Å². The zero-order chi connectivity index (χ0) is 9.84. The number of ether oxygens (including phenoxy) is 1. The van der Waals surface area contributed by atoms with Gasteiger partial charge in [-0.1, -0.05) is 0 Å². The fourth-order valence-corrected chi connectivity index (χ4v) is 0.939. The SMILES string of the molecule is Cc1nc(OC(C)C)ncc1CN. The number of hydrogen-bond acceptors (Lipinski definition) is 4. The highest BCUT2D eigenvalue weighted by molar-refractivity contribution is 5.17. The van der Waals surface area contributed by atoms with Crippen LogP contribution in [0.4, 0.5) is 0 Å². The highest BCUT2D eigenvalue weighted by Crippen LogP contribution is 2.08. The van der Waals surface area contributed by atoms with Crippen LogP contribution in [0.25, 0.3) is 0 Å². The van der Waals surface area contributed by atoms with E-state index in [1.54, 1.807) is 6.20 Å². The van der Waals surface area contributed by atoms with E-state index >= 15 is 0 Å². The van der Waals surface area contributed by atoms with Gasteiger partial charge < -0.3 is 10.5 Å². The number of aryl methyl sites for hydroxylation is 1. The Morgan fingerprint density at radius 3 is 2.69 bits per heavy atom. The molecule has 0 bridgehead atoms. The van der Waals surface area contributed by atoms with E-state index in [4.69, 9.17) is 10.5 Å². The van der Waals surface area contributed by atoms with Crippen molar-refractivity contribution in [3.63, 3.8) is 0 Å². The van der Waals surface area contributed by atoms with Crippen molar-refractivity contribution in [3.8, 4) is 6.01 Å². The highest BCUT2D eigenvalue weighted by atomic mass is 16.5. The van der Waals surface area contributed by atoms with E-state index in [9.17, 15) is 0 Å². The molecule has 1 rings (SSSR count). The molecule has 0 spiro atoms. The van der Waals surface area contributed by atoms with Crippen LogP contribution in [0.3, 0.4) is 0 Å². The molecular weight excluding hydrogens is 166 g/mol. The summed E-state index contributed by atoms with van der Waals surface area (Å²) in [6.45, 7) is 6.25. The molecule has 72 valence electrons. The standard InChI is InChI=1S/C9H15N3O/c1-6(2)13-9-11-5-8(4-10)7(3)12-9/h5-6H,4,10H2,1-3H3. The van der Waals surface area contributed by atoms with Gasteiger partial charge >= 0.3 is 6.01 Å². The molecule has 0 aliphatic carbocycles. The summed E-state index contributed by atoms with van der Waals surface area (Å²) in [5.74, 6) is 0. The Balaban J connectivity index is 2.83. The van der Waals surface area contributed by atoms with Crippen LogP contribution in [0.15, 0.2) is 6.20 Å².